The summed E-state index contributed by atoms with van der Waals surface area (Å²) in [6.07, 6.45) is -1.91. The van der Waals surface area contributed by atoms with Gasteiger partial charge in [-0.2, -0.15) is 5.26 Å². The highest BCUT2D eigenvalue weighted by molar-refractivity contribution is 5.64. The van der Waals surface area contributed by atoms with Crippen LogP contribution >= 0.6 is 0 Å². The summed E-state index contributed by atoms with van der Waals surface area (Å²) in [5.41, 5.74) is 0. The largest absolute Gasteiger partial charge is 0.514 e. The molecule has 0 aliphatic carbocycles. The monoisotopic (exact) mass is 513 g/mol. The number of nitriles is 1. The maximum Gasteiger partial charge on any atom is 0.514 e. The first-order valence-corrected chi connectivity index (χ1v) is 12.1. The van der Waals surface area contributed by atoms with Crippen molar-refractivity contribution in [3.05, 3.63) is 60.7 Å². The molecule has 0 spiro atoms. The van der Waals surface area contributed by atoms with Crippen LogP contribution in [0.25, 0.3) is 0 Å². The number of hydrogen-bond acceptors (Lipinski definition) is 8. The summed E-state index contributed by atoms with van der Waals surface area (Å²) in [7, 11) is 5.92. The van der Waals surface area contributed by atoms with Gasteiger partial charge in [0.15, 0.2) is 18.7 Å². The number of para-hydroxylation sites is 2. The molecule has 3 rings (SSSR count). The molecule has 2 aromatic rings. The number of ether oxygens (including phenoxy) is 5. The Kier molecular flexibility index (Phi) is 9.85. The zero-order valence-corrected chi connectivity index (χ0v) is 21.6. The summed E-state index contributed by atoms with van der Waals surface area (Å²) in [5, 5.41) is 9.30. The van der Waals surface area contributed by atoms with Crippen molar-refractivity contribution in [2.24, 2.45) is 0 Å². The number of hydrogen-bond donors (Lipinski definition) is 0. The Morgan fingerprint density at radius 1 is 1.03 bits per heavy atom. The first kappa shape index (κ1) is 27.9. The molecule has 3 atom stereocenters. The van der Waals surface area contributed by atoms with Crippen molar-refractivity contribution >= 4 is 12.3 Å². The smallest absolute Gasteiger partial charge is 0.428 e. The van der Waals surface area contributed by atoms with Gasteiger partial charge in [-0.3, -0.25) is 0 Å². The lowest BCUT2D eigenvalue weighted by molar-refractivity contribution is -0.943. The number of likely N-dealkylation sites (N-methyl/N-ethyl adjacent to an activating group) is 2. The molecule has 3 unspecified atom stereocenters. The van der Waals surface area contributed by atoms with Crippen molar-refractivity contribution < 1.29 is 42.2 Å². The summed E-state index contributed by atoms with van der Waals surface area (Å²) in [6, 6.07) is 19.3. The minimum Gasteiger partial charge on any atom is -0.428 e. The van der Waals surface area contributed by atoms with Crippen LogP contribution in [0.2, 0.25) is 0 Å². The molecule has 10 nitrogen and oxygen atoms in total. The first-order valence-electron chi connectivity index (χ1n) is 12.1. The summed E-state index contributed by atoms with van der Waals surface area (Å²) in [6.45, 7) is 2.64. The Labute approximate surface area is 217 Å². The summed E-state index contributed by atoms with van der Waals surface area (Å²) in [5.74, 6) is 0.782. The molecule has 1 saturated heterocycles. The fourth-order valence-electron chi connectivity index (χ4n) is 4.22. The van der Waals surface area contributed by atoms with E-state index < -0.39 is 12.3 Å². The quantitative estimate of drug-likeness (QED) is 0.206. The number of carbonyl (C=O) groups excluding carboxylic acids is 2. The fourth-order valence-corrected chi connectivity index (χ4v) is 4.22. The van der Waals surface area contributed by atoms with Crippen molar-refractivity contribution in [1.29, 1.82) is 5.26 Å². The number of quaternary nitrogens is 2. The molecule has 0 bridgehead atoms. The molecule has 37 heavy (non-hydrogen) atoms. The zero-order chi connectivity index (χ0) is 26.7. The molecular formula is C27H35N3O7+2. The van der Waals surface area contributed by atoms with E-state index in [0.717, 1.165) is 6.54 Å². The van der Waals surface area contributed by atoms with Gasteiger partial charge in [-0.1, -0.05) is 36.4 Å². The van der Waals surface area contributed by atoms with E-state index in [9.17, 15) is 14.9 Å². The Bertz CT molecular complexity index is 1060. The van der Waals surface area contributed by atoms with E-state index >= 15 is 0 Å². The molecular weight excluding hydrogens is 478 g/mol. The van der Waals surface area contributed by atoms with Crippen LogP contribution in [0.1, 0.15) is 0 Å². The number of nitrogens with zero attached hydrogens (tertiary/aromatic N) is 3. The first-order chi connectivity index (χ1) is 17.7. The lowest BCUT2D eigenvalue weighted by Gasteiger charge is -2.46. The molecule has 1 heterocycles. The van der Waals surface area contributed by atoms with Crippen molar-refractivity contribution in [2.75, 3.05) is 67.1 Å². The number of benzene rings is 2. The third kappa shape index (κ3) is 8.75. The Balaban J connectivity index is 1.64. The zero-order valence-electron chi connectivity index (χ0n) is 21.6. The van der Waals surface area contributed by atoms with E-state index in [0.29, 0.717) is 46.7 Å². The lowest BCUT2D eigenvalue weighted by atomic mass is 10.0. The lowest BCUT2D eigenvalue weighted by Crippen LogP contribution is -2.66. The van der Waals surface area contributed by atoms with Crippen LogP contribution in [0.4, 0.5) is 9.59 Å². The molecule has 198 valence electrons. The second kappa shape index (κ2) is 13.1. The normalized spacial score (nSPS) is 20.2. The Hall–Kier alpha value is -3.65. The second-order valence-corrected chi connectivity index (χ2v) is 9.81. The predicted molar refractivity (Wildman–Crippen MR) is 134 cm³/mol. The van der Waals surface area contributed by atoms with Crippen molar-refractivity contribution in [2.45, 2.75) is 12.1 Å². The van der Waals surface area contributed by atoms with Gasteiger partial charge in [-0.15, -0.1) is 0 Å². The molecule has 1 aliphatic heterocycles. The molecule has 0 N–H and O–H groups in total. The van der Waals surface area contributed by atoms with E-state index in [4.69, 9.17) is 23.7 Å². The minimum atomic E-state index is -0.816. The van der Waals surface area contributed by atoms with Gasteiger partial charge in [-0.25, -0.2) is 9.59 Å². The number of morpholine rings is 1. The minimum absolute atomic E-state index is 0.0182. The Morgan fingerprint density at radius 3 is 2.16 bits per heavy atom. The summed E-state index contributed by atoms with van der Waals surface area (Å²) >= 11 is 0. The van der Waals surface area contributed by atoms with Crippen molar-refractivity contribution in [1.82, 2.24) is 0 Å². The molecule has 0 amide bonds. The molecule has 0 saturated carbocycles. The second-order valence-electron chi connectivity index (χ2n) is 9.81. The van der Waals surface area contributed by atoms with Crippen LogP contribution in [0.5, 0.6) is 11.5 Å². The van der Waals surface area contributed by atoms with Crippen molar-refractivity contribution in [3.63, 3.8) is 0 Å². The van der Waals surface area contributed by atoms with Crippen LogP contribution in [0, 0.1) is 11.3 Å². The van der Waals surface area contributed by atoms with Gasteiger partial charge in [0.25, 0.3) is 0 Å². The third-order valence-electron chi connectivity index (χ3n) is 6.51. The average molecular weight is 514 g/mol. The van der Waals surface area contributed by atoms with Crippen LogP contribution in [0.15, 0.2) is 60.7 Å². The van der Waals surface area contributed by atoms with E-state index in [1.807, 2.05) is 33.3 Å². The molecule has 1 fully saturated rings. The highest BCUT2D eigenvalue weighted by Gasteiger charge is 2.44. The number of carbonyl (C=O) groups is 2. The van der Waals surface area contributed by atoms with Crippen LogP contribution < -0.4 is 9.47 Å². The SMILES string of the molecule is C[N+]1(CC#N)CCOC(C(COC(=O)Oc2ccccc2)[N+](C)(C)CCOC(=O)Oc2ccccc2)C1. The standard InChI is InChI=1S/C27H35N3O7/c1-29(2,16-18-34-26(31)36-22-10-6-4-7-11-22)24(25-20-30(3,15-14-28)17-19-33-25)21-35-27(32)37-23-12-8-5-9-13-23/h4-13,24-25H,15-21H2,1-3H3/q+2. The highest BCUT2D eigenvalue weighted by Crippen LogP contribution is 2.22. The predicted octanol–water partition coefficient (Wildman–Crippen LogP) is 3.23. The highest BCUT2D eigenvalue weighted by atomic mass is 16.7. The van der Waals surface area contributed by atoms with Gasteiger partial charge in [0.2, 0.25) is 0 Å². The molecule has 10 heteroatoms. The van der Waals surface area contributed by atoms with E-state index in [1.54, 1.807) is 48.5 Å². The maximum atomic E-state index is 12.4. The van der Waals surface area contributed by atoms with Gasteiger partial charge in [0, 0.05) is 0 Å². The summed E-state index contributed by atoms with van der Waals surface area (Å²) in [4.78, 5) is 24.5. The van der Waals surface area contributed by atoms with E-state index in [1.165, 1.54) is 0 Å². The van der Waals surface area contributed by atoms with Gasteiger partial charge in [0.1, 0.15) is 50.4 Å². The molecule has 2 aromatic carbocycles. The van der Waals surface area contributed by atoms with Crippen LogP contribution in [-0.2, 0) is 14.2 Å². The van der Waals surface area contributed by atoms with Crippen molar-refractivity contribution in [3.8, 4) is 17.6 Å². The topological polar surface area (TPSA) is 104 Å². The molecule has 1 aliphatic rings. The maximum absolute atomic E-state index is 12.4. The molecule has 0 radical (unpaired) electrons. The van der Waals surface area contributed by atoms with Crippen LogP contribution in [-0.4, -0.2) is 101 Å². The average Bonchev–Trinajstić information content (AvgIpc) is 2.85. The summed E-state index contributed by atoms with van der Waals surface area (Å²) < 4.78 is 28.3. The van der Waals surface area contributed by atoms with E-state index in [2.05, 4.69) is 6.07 Å². The molecule has 0 aromatic heterocycles. The third-order valence-corrected chi connectivity index (χ3v) is 6.51. The fraction of sp³-hybridized carbons (Fsp3) is 0.444. The van der Waals surface area contributed by atoms with Gasteiger partial charge in [0.05, 0.1) is 27.7 Å². The van der Waals surface area contributed by atoms with Gasteiger partial charge >= 0.3 is 12.3 Å². The van der Waals surface area contributed by atoms with Gasteiger partial charge < -0.3 is 32.7 Å². The Morgan fingerprint density at radius 2 is 1.59 bits per heavy atom. The van der Waals surface area contributed by atoms with Crippen LogP contribution in [0.3, 0.4) is 0 Å². The van der Waals surface area contributed by atoms with Gasteiger partial charge in [-0.05, 0) is 24.3 Å². The number of rotatable bonds is 10. The van der Waals surface area contributed by atoms with E-state index in [-0.39, 0.29) is 25.4 Å².